The van der Waals surface area contributed by atoms with Crippen molar-refractivity contribution in [2.45, 2.75) is 32.2 Å². The van der Waals surface area contributed by atoms with E-state index >= 15 is 0 Å². The monoisotopic (exact) mass is 253 g/mol. The molecule has 0 N–H and O–H groups in total. The fourth-order valence-electron chi connectivity index (χ4n) is 0.679. The van der Waals surface area contributed by atoms with Crippen LogP contribution >= 0.6 is 22.6 Å². The number of rotatable bonds is 5. The number of hydrogen-bond acceptors (Lipinski definition) is 1. The summed E-state index contributed by atoms with van der Waals surface area (Å²) in [6.45, 7) is 2.14. The van der Waals surface area contributed by atoms with Crippen LogP contribution in [-0.4, -0.2) is 10.5 Å². The minimum Gasteiger partial charge on any atom is -0.0898 e. The van der Waals surface area contributed by atoms with E-state index in [2.05, 4.69) is 39.5 Å². The maximum atomic E-state index is 8.12. The van der Waals surface area contributed by atoms with Crippen molar-refractivity contribution in [1.82, 2.24) is 0 Å². The summed E-state index contributed by atoms with van der Waals surface area (Å²) in [4.78, 5) is 2.78. The molecule has 0 aliphatic rings. The molecule has 0 rings (SSSR count). The first-order chi connectivity index (χ1) is 4.85. The summed E-state index contributed by atoms with van der Waals surface area (Å²) in [7, 11) is 0. The second kappa shape index (κ2) is 7.15. The highest BCUT2D eigenvalue weighted by Crippen LogP contribution is 2.07. The normalized spacial score (nSPS) is 12.2. The van der Waals surface area contributed by atoms with Gasteiger partial charge >= 0.3 is 0 Å². The number of hydrogen-bond donors (Lipinski definition) is 0. The molecule has 0 aliphatic heterocycles. The highest BCUT2D eigenvalue weighted by Gasteiger charge is 2.01. The van der Waals surface area contributed by atoms with E-state index in [1.54, 1.807) is 0 Å². The van der Waals surface area contributed by atoms with E-state index in [-0.39, 0.29) is 6.04 Å². The highest BCUT2D eigenvalue weighted by molar-refractivity contribution is 14.1. The standard InChI is InChI=1S/C6H12IN3/c1-2-3-4-6(5-7)9-10-8/h6H,2-5H2,1H3/t6-/m1/s1. The Kier molecular flexibility index (Phi) is 7.18. The smallest absolute Gasteiger partial charge is 0.0463 e. The van der Waals surface area contributed by atoms with E-state index in [0.717, 1.165) is 17.3 Å². The fourth-order valence-corrected chi connectivity index (χ4v) is 1.30. The van der Waals surface area contributed by atoms with Crippen LogP contribution in [0.1, 0.15) is 26.2 Å². The fraction of sp³-hybridized carbons (Fsp3) is 1.00. The van der Waals surface area contributed by atoms with Crippen LogP contribution in [0.4, 0.5) is 0 Å². The first-order valence-electron chi connectivity index (χ1n) is 3.45. The second-order valence-corrected chi connectivity index (χ2v) is 3.04. The van der Waals surface area contributed by atoms with Gasteiger partial charge in [0.15, 0.2) is 0 Å². The quantitative estimate of drug-likeness (QED) is 0.237. The van der Waals surface area contributed by atoms with Gasteiger partial charge in [-0.25, -0.2) is 0 Å². The Balaban J connectivity index is 3.49. The molecule has 0 saturated carbocycles. The van der Waals surface area contributed by atoms with Crippen molar-refractivity contribution < 1.29 is 0 Å². The van der Waals surface area contributed by atoms with Gasteiger partial charge in [-0.05, 0) is 12.0 Å². The molecule has 4 heteroatoms. The van der Waals surface area contributed by atoms with E-state index in [4.69, 9.17) is 5.53 Å². The SMILES string of the molecule is CCCC[C@H](CI)N=[N+]=[N-]. The van der Waals surface area contributed by atoms with Crippen molar-refractivity contribution in [3.8, 4) is 0 Å². The van der Waals surface area contributed by atoms with Crippen LogP contribution in [0.5, 0.6) is 0 Å². The zero-order valence-corrected chi connectivity index (χ0v) is 8.28. The molecule has 0 aromatic carbocycles. The molecule has 0 heterocycles. The Morgan fingerprint density at radius 1 is 1.70 bits per heavy atom. The molecule has 10 heavy (non-hydrogen) atoms. The lowest BCUT2D eigenvalue weighted by molar-refractivity contribution is 0.624. The molecule has 0 saturated heterocycles. The average molecular weight is 253 g/mol. The molecule has 58 valence electrons. The Labute approximate surface area is 75.0 Å². The van der Waals surface area contributed by atoms with Crippen LogP contribution in [0.2, 0.25) is 0 Å². The van der Waals surface area contributed by atoms with E-state index in [1.807, 2.05) is 0 Å². The first kappa shape index (κ1) is 10.0. The van der Waals surface area contributed by atoms with Gasteiger partial charge in [-0.2, -0.15) is 0 Å². The van der Waals surface area contributed by atoms with Crippen molar-refractivity contribution in [3.63, 3.8) is 0 Å². The van der Waals surface area contributed by atoms with Crippen molar-refractivity contribution in [1.29, 1.82) is 0 Å². The van der Waals surface area contributed by atoms with Gasteiger partial charge in [-0.1, -0.05) is 47.5 Å². The van der Waals surface area contributed by atoms with Crippen LogP contribution in [0.25, 0.3) is 10.4 Å². The number of azide groups is 1. The summed E-state index contributed by atoms with van der Waals surface area (Å²) in [6, 6.07) is 0.213. The maximum Gasteiger partial charge on any atom is 0.0463 e. The largest absolute Gasteiger partial charge is 0.0898 e. The molecule has 0 aliphatic carbocycles. The molecule has 0 aromatic rings. The molecular formula is C6H12IN3. The van der Waals surface area contributed by atoms with E-state index in [1.165, 1.54) is 6.42 Å². The summed E-state index contributed by atoms with van der Waals surface area (Å²) >= 11 is 2.25. The minimum absolute atomic E-state index is 0.213. The summed E-state index contributed by atoms with van der Waals surface area (Å²) in [6.07, 6.45) is 3.37. The van der Waals surface area contributed by atoms with Gasteiger partial charge in [0.2, 0.25) is 0 Å². The summed E-state index contributed by atoms with van der Waals surface area (Å²) in [5, 5.41) is 3.65. The predicted molar refractivity (Wildman–Crippen MR) is 51.3 cm³/mol. The molecule has 0 unspecified atom stereocenters. The van der Waals surface area contributed by atoms with Crippen LogP contribution < -0.4 is 0 Å². The van der Waals surface area contributed by atoms with Crippen molar-refractivity contribution >= 4 is 22.6 Å². The van der Waals surface area contributed by atoms with Gasteiger partial charge in [0.1, 0.15) is 0 Å². The van der Waals surface area contributed by atoms with Gasteiger partial charge in [-0.15, -0.1) is 0 Å². The zero-order chi connectivity index (χ0) is 7.82. The molecule has 0 amide bonds. The number of unbranched alkanes of at least 4 members (excludes halogenated alkanes) is 1. The third-order valence-electron chi connectivity index (χ3n) is 1.28. The van der Waals surface area contributed by atoms with E-state index in [0.29, 0.717) is 0 Å². The third kappa shape index (κ3) is 4.88. The molecule has 0 bridgehead atoms. The molecular weight excluding hydrogens is 241 g/mol. The Hall–Kier alpha value is 0.0400. The Bertz CT molecular complexity index is 120. The predicted octanol–water partition coefficient (Wildman–Crippen LogP) is 3.29. The van der Waals surface area contributed by atoms with Crippen LogP contribution in [0.15, 0.2) is 5.11 Å². The van der Waals surface area contributed by atoms with Gasteiger partial charge < -0.3 is 0 Å². The van der Waals surface area contributed by atoms with Crippen LogP contribution in [-0.2, 0) is 0 Å². The average Bonchev–Trinajstić information content (AvgIpc) is 1.98. The molecule has 3 nitrogen and oxygen atoms in total. The lowest BCUT2D eigenvalue weighted by Crippen LogP contribution is -2.03. The van der Waals surface area contributed by atoms with Gasteiger partial charge in [-0.3, -0.25) is 0 Å². The zero-order valence-electron chi connectivity index (χ0n) is 6.13. The van der Waals surface area contributed by atoms with Crippen molar-refractivity contribution in [2.24, 2.45) is 5.11 Å². The molecule has 1 atom stereocenters. The molecule has 0 aromatic heterocycles. The van der Waals surface area contributed by atoms with E-state index in [9.17, 15) is 0 Å². The minimum atomic E-state index is 0.213. The molecule has 0 fully saturated rings. The van der Waals surface area contributed by atoms with Crippen LogP contribution in [0.3, 0.4) is 0 Å². The van der Waals surface area contributed by atoms with Crippen molar-refractivity contribution in [3.05, 3.63) is 10.4 Å². The lowest BCUT2D eigenvalue weighted by Gasteiger charge is -2.03. The number of halogens is 1. The Morgan fingerprint density at radius 2 is 2.40 bits per heavy atom. The topological polar surface area (TPSA) is 48.8 Å². The molecule has 0 radical (unpaired) electrons. The summed E-state index contributed by atoms with van der Waals surface area (Å²) < 4.78 is 0.932. The number of nitrogens with zero attached hydrogens (tertiary/aromatic N) is 3. The second-order valence-electron chi connectivity index (χ2n) is 2.16. The van der Waals surface area contributed by atoms with Gasteiger partial charge in [0.25, 0.3) is 0 Å². The van der Waals surface area contributed by atoms with Crippen LogP contribution in [0, 0.1) is 0 Å². The van der Waals surface area contributed by atoms with Crippen molar-refractivity contribution in [2.75, 3.05) is 4.43 Å². The van der Waals surface area contributed by atoms with Gasteiger partial charge in [0, 0.05) is 15.4 Å². The third-order valence-corrected chi connectivity index (χ3v) is 2.30. The maximum absolute atomic E-state index is 8.12. The Morgan fingerprint density at radius 3 is 2.80 bits per heavy atom. The molecule has 0 spiro atoms. The first-order valence-corrected chi connectivity index (χ1v) is 4.97. The lowest BCUT2D eigenvalue weighted by atomic mass is 10.2. The summed E-state index contributed by atoms with van der Waals surface area (Å²) in [5.74, 6) is 0. The summed E-state index contributed by atoms with van der Waals surface area (Å²) in [5.41, 5.74) is 8.12. The van der Waals surface area contributed by atoms with Gasteiger partial charge in [0.05, 0.1) is 0 Å². The number of alkyl halides is 1. The highest BCUT2D eigenvalue weighted by atomic mass is 127. The van der Waals surface area contributed by atoms with E-state index < -0.39 is 0 Å².